The summed E-state index contributed by atoms with van der Waals surface area (Å²) >= 11 is 0. The van der Waals surface area contributed by atoms with Crippen LogP contribution >= 0.6 is 0 Å². The minimum absolute atomic E-state index is 0.176. The van der Waals surface area contributed by atoms with Crippen LogP contribution in [0.4, 0.5) is 0 Å². The molecule has 0 aliphatic rings. The summed E-state index contributed by atoms with van der Waals surface area (Å²) in [5.41, 5.74) is 1.44. The molecule has 2 amide bonds. The minimum Gasteiger partial charge on any atom is -0.480 e. The molecule has 26 heavy (non-hydrogen) atoms. The fourth-order valence-corrected chi connectivity index (χ4v) is 2.49. The smallest absolute Gasteiger partial charge is 0.323 e. The largest absolute Gasteiger partial charge is 0.480 e. The molecule has 2 aromatic carbocycles. The second-order valence-corrected chi connectivity index (χ2v) is 5.85. The van der Waals surface area contributed by atoms with Crippen LogP contribution < -0.4 is 5.32 Å². The fourth-order valence-electron chi connectivity index (χ4n) is 2.49. The molecule has 2 aromatic rings. The van der Waals surface area contributed by atoms with Gasteiger partial charge in [0.15, 0.2) is 0 Å². The Bertz CT molecular complexity index is 732. The molecule has 136 valence electrons. The molecule has 0 fully saturated rings. The molecule has 2 N–H and O–H groups in total. The SMILES string of the molecule is O=C(O)CN(Cc1ccccc1)C(=O)CCCNC(=O)c1ccccc1. The number of amides is 2. The van der Waals surface area contributed by atoms with Crippen molar-refractivity contribution in [1.82, 2.24) is 10.2 Å². The van der Waals surface area contributed by atoms with Crippen LogP contribution in [0.3, 0.4) is 0 Å². The van der Waals surface area contributed by atoms with Crippen molar-refractivity contribution < 1.29 is 19.5 Å². The highest BCUT2D eigenvalue weighted by Crippen LogP contribution is 2.07. The Hall–Kier alpha value is -3.15. The van der Waals surface area contributed by atoms with E-state index in [4.69, 9.17) is 5.11 Å². The summed E-state index contributed by atoms with van der Waals surface area (Å²) in [4.78, 5) is 36.6. The molecule has 0 aliphatic carbocycles. The number of nitrogens with zero attached hydrogens (tertiary/aromatic N) is 1. The van der Waals surface area contributed by atoms with Gasteiger partial charge in [0.25, 0.3) is 5.91 Å². The predicted octanol–water partition coefficient (Wildman–Crippen LogP) is 2.31. The molecule has 0 radical (unpaired) electrons. The van der Waals surface area contributed by atoms with Gasteiger partial charge in [-0.3, -0.25) is 14.4 Å². The molecule has 0 spiro atoms. The Balaban J connectivity index is 1.81. The van der Waals surface area contributed by atoms with E-state index in [2.05, 4.69) is 5.32 Å². The second kappa shape index (κ2) is 9.98. The number of nitrogens with one attached hydrogen (secondary N) is 1. The standard InChI is InChI=1S/C20H22N2O4/c23-18(12-7-13-21-20(26)17-10-5-2-6-11-17)22(15-19(24)25)14-16-8-3-1-4-9-16/h1-6,8-11H,7,12-15H2,(H,21,26)(H,24,25). The zero-order valence-electron chi connectivity index (χ0n) is 14.4. The molecular weight excluding hydrogens is 332 g/mol. The molecule has 0 heterocycles. The maximum Gasteiger partial charge on any atom is 0.323 e. The number of hydrogen-bond acceptors (Lipinski definition) is 3. The van der Waals surface area contributed by atoms with Crippen molar-refractivity contribution in [1.29, 1.82) is 0 Å². The van der Waals surface area contributed by atoms with Gasteiger partial charge in [-0.25, -0.2) is 0 Å². The maximum atomic E-state index is 12.3. The number of aliphatic carboxylic acids is 1. The van der Waals surface area contributed by atoms with Gasteiger partial charge >= 0.3 is 5.97 Å². The molecule has 0 saturated heterocycles. The quantitative estimate of drug-likeness (QED) is 0.677. The lowest BCUT2D eigenvalue weighted by Crippen LogP contribution is -2.35. The topological polar surface area (TPSA) is 86.7 Å². The highest BCUT2D eigenvalue weighted by molar-refractivity contribution is 5.94. The van der Waals surface area contributed by atoms with Crippen LogP contribution in [-0.2, 0) is 16.1 Å². The molecular formula is C20H22N2O4. The van der Waals surface area contributed by atoms with Crippen LogP contribution in [-0.4, -0.2) is 40.9 Å². The third-order valence-corrected chi connectivity index (χ3v) is 3.78. The molecule has 6 heteroatoms. The lowest BCUT2D eigenvalue weighted by molar-refractivity contribution is -0.144. The fraction of sp³-hybridized carbons (Fsp3) is 0.250. The Morgan fingerprint density at radius 1 is 0.923 bits per heavy atom. The second-order valence-electron chi connectivity index (χ2n) is 5.85. The van der Waals surface area contributed by atoms with Gasteiger partial charge in [-0.15, -0.1) is 0 Å². The molecule has 0 aromatic heterocycles. The van der Waals surface area contributed by atoms with Crippen LogP contribution in [0.5, 0.6) is 0 Å². The van der Waals surface area contributed by atoms with E-state index in [0.29, 0.717) is 18.5 Å². The first-order valence-corrected chi connectivity index (χ1v) is 8.43. The molecule has 0 bridgehead atoms. The first-order chi connectivity index (χ1) is 12.6. The summed E-state index contributed by atoms with van der Waals surface area (Å²) in [6.45, 7) is 0.262. The number of carbonyl (C=O) groups is 3. The predicted molar refractivity (Wildman–Crippen MR) is 97.5 cm³/mol. The average Bonchev–Trinajstić information content (AvgIpc) is 2.65. The number of carbonyl (C=O) groups excluding carboxylic acids is 2. The molecule has 6 nitrogen and oxygen atoms in total. The van der Waals surface area contributed by atoms with Crippen molar-refractivity contribution in [2.45, 2.75) is 19.4 Å². The Labute approximate surface area is 152 Å². The van der Waals surface area contributed by atoms with E-state index in [1.54, 1.807) is 24.3 Å². The highest BCUT2D eigenvalue weighted by Gasteiger charge is 2.17. The first-order valence-electron chi connectivity index (χ1n) is 8.43. The van der Waals surface area contributed by atoms with Gasteiger partial charge in [-0.1, -0.05) is 48.5 Å². The van der Waals surface area contributed by atoms with E-state index >= 15 is 0 Å². The molecule has 0 aliphatic heterocycles. The van der Waals surface area contributed by atoms with Crippen molar-refractivity contribution >= 4 is 17.8 Å². The van der Waals surface area contributed by atoms with E-state index < -0.39 is 5.97 Å². The van der Waals surface area contributed by atoms with Crippen molar-refractivity contribution in [3.8, 4) is 0 Å². The summed E-state index contributed by atoms with van der Waals surface area (Å²) in [5.74, 6) is -1.48. The van der Waals surface area contributed by atoms with E-state index in [1.165, 1.54) is 4.90 Å². The van der Waals surface area contributed by atoms with Gasteiger partial charge in [0.2, 0.25) is 5.91 Å². The van der Waals surface area contributed by atoms with Gasteiger partial charge < -0.3 is 15.3 Å². The highest BCUT2D eigenvalue weighted by atomic mass is 16.4. The van der Waals surface area contributed by atoms with Crippen LogP contribution in [0, 0.1) is 0 Å². The molecule has 2 rings (SSSR count). The monoisotopic (exact) mass is 354 g/mol. The Kier molecular flexibility index (Phi) is 7.36. The lowest BCUT2D eigenvalue weighted by atomic mass is 10.2. The zero-order valence-corrected chi connectivity index (χ0v) is 14.4. The van der Waals surface area contributed by atoms with E-state index in [-0.39, 0.29) is 31.3 Å². The van der Waals surface area contributed by atoms with Gasteiger partial charge in [0, 0.05) is 25.1 Å². The van der Waals surface area contributed by atoms with Gasteiger partial charge in [-0.2, -0.15) is 0 Å². The maximum absolute atomic E-state index is 12.3. The van der Waals surface area contributed by atoms with E-state index in [9.17, 15) is 14.4 Å². The average molecular weight is 354 g/mol. The molecule has 0 saturated carbocycles. The van der Waals surface area contributed by atoms with Crippen LogP contribution in [0.2, 0.25) is 0 Å². The first kappa shape index (κ1) is 19.2. The lowest BCUT2D eigenvalue weighted by Gasteiger charge is -2.21. The summed E-state index contributed by atoms with van der Waals surface area (Å²) in [6.07, 6.45) is 0.623. The van der Waals surface area contributed by atoms with Gasteiger partial charge in [0.05, 0.1) is 0 Å². The molecule has 0 atom stereocenters. The summed E-state index contributed by atoms with van der Waals surface area (Å²) < 4.78 is 0. The number of carboxylic acid groups (broad SMARTS) is 1. The minimum atomic E-state index is -1.05. The van der Waals surface area contributed by atoms with Crippen LogP contribution in [0.1, 0.15) is 28.8 Å². The van der Waals surface area contributed by atoms with E-state index in [1.807, 2.05) is 36.4 Å². The van der Waals surface area contributed by atoms with Crippen molar-refractivity contribution in [3.63, 3.8) is 0 Å². The summed E-state index contributed by atoms with van der Waals surface area (Å²) in [5, 5.41) is 11.8. The Morgan fingerprint density at radius 3 is 2.15 bits per heavy atom. The van der Waals surface area contributed by atoms with Crippen molar-refractivity contribution in [2.75, 3.05) is 13.1 Å². The van der Waals surface area contributed by atoms with Gasteiger partial charge in [-0.05, 0) is 24.1 Å². The zero-order chi connectivity index (χ0) is 18.8. The van der Waals surface area contributed by atoms with E-state index in [0.717, 1.165) is 5.56 Å². The Morgan fingerprint density at radius 2 is 1.54 bits per heavy atom. The number of hydrogen-bond donors (Lipinski definition) is 2. The van der Waals surface area contributed by atoms with Crippen molar-refractivity contribution in [3.05, 3.63) is 71.8 Å². The number of benzene rings is 2. The normalized spacial score (nSPS) is 10.2. The third kappa shape index (κ3) is 6.39. The molecule has 0 unspecified atom stereocenters. The summed E-state index contributed by atoms with van der Waals surface area (Å²) in [6, 6.07) is 18.1. The van der Waals surface area contributed by atoms with Gasteiger partial charge in [0.1, 0.15) is 6.54 Å². The summed E-state index contributed by atoms with van der Waals surface area (Å²) in [7, 11) is 0. The third-order valence-electron chi connectivity index (χ3n) is 3.78. The van der Waals surface area contributed by atoms with Crippen LogP contribution in [0.25, 0.3) is 0 Å². The van der Waals surface area contributed by atoms with Crippen LogP contribution in [0.15, 0.2) is 60.7 Å². The number of carboxylic acids is 1. The number of rotatable bonds is 9. The van der Waals surface area contributed by atoms with Crippen molar-refractivity contribution in [2.24, 2.45) is 0 Å².